The Morgan fingerprint density at radius 3 is 3.09 bits per heavy atom. The van der Waals surface area contributed by atoms with Crippen LogP contribution in [0.25, 0.3) is 10.2 Å². The van der Waals surface area contributed by atoms with Crippen LogP contribution < -0.4 is 0 Å². The number of hydrogen-bond donors (Lipinski definition) is 0. The minimum atomic E-state index is 1.11. The van der Waals surface area contributed by atoms with Crippen molar-refractivity contribution in [1.29, 1.82) is 0 Å². The van der Waals surface area contributed by atoms with Crippen molar-refractivity contribution in [2.45, 2.75) is 6.92 Å². The Morgan fingerprint density at radius 1 is 1.45 bits per heavy atom. The van der Waals surface area contributed by atoms with Crippen LogP contribution in [0.3, 0.4) is 0 Å². The van der Waals surface area contributed by atoms with E-state index < -0.39 is 0 Å². The Balaban J connectivity index is 2.82. The molecule has 1 heterocycles. The van der Waals surface area contributed by atoms with Crippen LogP contribution >= 0.6 is 33.9 Å². The standard InChI is InChI=1S/C8H6INS/c1-5-2-3-7-6(4-5)10-8(9)11-7/h2-4H,1H3. The highest BCUT2D eigenvalue weighted by Gasteiger charge is 1.99. The number of fused-ring (bicyclic) bond motifs is 1. The van der Waals surface area contributed by atoms with Gasteiger partial charge in [-0.1, -0.05) is 6.07 Å². The van der Waals surface area contributed by atoms with Gasteiger partial charge in [0.05, 0.1) is 10.2 Å². The van der Waals surface area contributed by atoms with Gasteiger partial charge in [-0.3, -0.25) is 0 Å². The summed E-state index contributed by atoms with van der Waals surface area (Å²) in [6.07, 6.45) is 0. The summed E-state index contributed by atoms with van der Waals surface area (Å²) in [7, 11) is 0. The van der Waals surface area contributed by atoms with Gasteiger partial charge in [-0.25, -0.2) is 4.98 Å². The van der Waals surface area contributed by atoms with Crippen molar-refractivity contribution in [3.05, 3.63) is 26.8 Å². The van der Waals surface area contributed by atoms with E-state index in [0.29, 0.717) is 0 Å². The number of thiazole rings is 1. The van der Waals surface area contributed by atoms with E-state index in [0.717, 1.165) is 8.53 Å². The maximum absolute atomic E-state index is 4.38. The van der Waals surface area contributed by atoms with Crippen LogP contribution in [0.15, 0.2) is 18.2 Å². The average molecular weight is 275 g/mol. The van der Waals surface area contributed by atoms with Crippen molar-refractivity contribution in [3.63, 3.8) is 0 Å². The van der Waals surface area contributed by atoms with E-state index in [2.05, 4.69) is 52.7 Å². The first-order valence-electron chi connectivity index (χ1n) is 3.28. The zero-order valence-corrected chi connectivity index (χ0v) is 8.94. The van der Waals surface area contributed by atoms with Crippen LogP contribution in [0.1, 0.15) is 5.56 Å². The molecule has 0 saturated carbocycles. The van der Waals surface area contributed by atoms with E-state index in [9.17, 15) is 0 Å². The first kappa shape index (κ1) is 7.49. The number of aromatic nitrogens is 1. The van der Waals surface area contributed by atoms with Crippen LogP contribution in [-0.4, -0.2) is 4.98 Å². The molecule has 0 radical (unpaired) electrons. The van der Waals surface area contributed by atoms with E-state index in [1.54, 1.807) is 11.3 Å². The van der Waals surface area contributed by atoms with Crippen molar-refractivity contribution < 1.29 is 0 Å². The Kier molecular flexibility index (Phi) is 1.85. The summed E-state index contributed by atoms with van der Waals surface area (Å²) in [5.41, 5.74) is 2.40. The molecule has 11 heavy (non-hydrogen) atoms. The third-order valence-corrected chi connectivity index (χ3v) is 3.24. The molecule has 1 aromatic heterocycles. The predicted molar refractivity (Wildman–Crippen MR) is 57.1 cm³/mol. The molecule has 0 atom stereocenters. The third kappa shape index (κ3) is 1.39. The summed E-state index contributed by atoms with van der Waals surface area (Å²) >= 11 is 3.99. The zero-order valence-electron chi connectivity index (χ0n) is 5.97. The van der Waals surface area contributed by atoms with Crippen LogP contribution in [0, 0.1) is 9.94 Å². The fourth-order valence-electron chi connectivity index (χ4n) is 1.01. The summed E-state index contributed by atoms with van der Waals surface area (Å²) in [6.45, 7) is 2.09. The second-order valence-electron chi connectivity index (χ2n) is 2.44. The maximum atomic E-state index is 4.38. The fraction of sp³-hybridized carbons (Fsp3) is 0.125. The van der Waals surface area contributed by atoms with Gasteiger partial charge in [0.2, 0.25) is 0 Å². The molecule has 0 bridgehead atoms. The SMILES string of the molecule is Cc1ccc2sc(I)nc2c1. The topological polar surface area (TPSA) is 12.9 Å². The van der Waals surface area contributed by atoms with Gasteiger partial charge in [0.25, 0.3) is 0 Å². The number of aryl methyl sites for hydroxylation is 1. The van der Waals surface area contributed by atoms with Crippen LogP contribution in [0.5, 0.6) is 0 Å². The first-order valence-corrected chi connectivity index (χ1v) is 5.18. The zero-order chi connectivity index (χ0) is 7.84. The van der Waals surface area contributed by atoms with Crippen molar-refractivity contribution in [3.8, 4) is 0 Å². The molecule has 1 nitrogen and oxygen atoms in total. The van der Waals surface area contributed by atoms with Gasteiger partial charge in [0.1, 0.15) is 0 Å². The van der Waals surface area contributed by atoms with Gasteiger partial charge >= 0.3 is 0 Å². The van der Waals surface area contributed by atoms with E-state index in [-0.39, 0.29) is 0 Å². The number of hydrogen-bond acceptors (Lipinski definition) is 2. The molecule has 56 valence electrons. The minimum absolute atomic E-state index is 1.11. The van der Waals surface area contributed by atoms with E-state index >= 15 is 0 Å². The number of rotatable bonds is 0. The summed E-state index contributed by atoms with van der Waals surface area (Å²) in [6, 6.07) is 6.37. The molecule has 0 aliphatic heterocycles. The molecule has 0 aliphatic carbocycles. The normalized spacial score (nSPS) is 10.7. The molecular formula is C8H6INS. The number of nitrogens with zero attached hydrogens (tertiary/aromatic N) is 1. The smallest absolute Gasteiger partial charge is 0.155 e. The van der Waals surface area contributed by atoms with Gasteiger partial charge in [-0.05, 0) is 47.2 Å². The van der Waals surface area contributed by atoms with Gasteiger partial charge in [-0.2, -0.15) is 0 Å². The fourth-order valence-corrected chi connectivity index (χ4v) is 2.65. The molecule has 0 aliphatic rings. The monoisotopic (exact) mass is 275 g/mol. The lowest BCUT2D eigenvalue weighted by atomic mass is 10.2. The largest absolute Gasteiger partial charge is 0.230 e. The Hall–Kier alpha value is -0.160. The summed E-state index contributed by atoms with van der Waals surface area (Å²) in [5, 5.41) is 0. The molecular weight excluding hydrogens is 269 g/mol. The number of benzene rings is 1. The highest BCUT2D eigenvalue weighted by molar-refractivity contribution is 14.1. The van der Waals surface area contributed by atoms with Gasteiger partial charge in [0, 0.05) is 0 Å². The van der Waals surface area contributed by atoms with Gasteiger partial charge in [0.15, 0.2) is 3.01 Å². The molecule has 0 fully saturated rings. The second kappa shape index (κ2) is 2.71. The summed E-state index contributed by atoms with van der Waals surface area (Å²) in [4.78, 5) is 4.38. The molecule has 1 aromatic carbocycles. The van der Waals surface area contributed by atoms with E-state index in [1.165, 1.54) is 10.3 Å². The van der Waals surface area contributed by atoms with E-state index in [4.69, 9.17) is 0 Å². The molecule has 0 N–H and O–H groups in total. The number of halogens is 1. The van der Waals surface area contributed by atoms with Gasteiger partial charge < -0.3 is 0 Å². The van der Waals surface area contributed by atoms with Crippen molar-refractivity contribution in [2.75, 3.05) is 0 Å². The van der Waals surface area contributed by atoms with Gasteiger partial charge in [-0.15, -0.1) is 11.3 Å². The molecule has 0 saturated heterocycles. The van der Waals surface area contributed by atoms with Crippen LogP contribution in [0.4, 0.5) is 0 Å². The predicted octanol–water partition coefficient (Wildman–Crippen LogP) is 3.21. The highest BCUT2D eigenvalue weighted by atomic mass is 127. The highest BCUT2D eigenvalue weighted by Crippen LogP contribution is 2.23. The lowest BCUT2D eigenvalue weighted by Gasteiger charge is -1.88. The van der Waals surface area contributed by atoms with Crippen molar-refractivity contribution in [2.24, 2.45) is 0 Å². The van der Waals surface area contributed by atoms with Crippen LogP contribution in [0.2, 0.25) is 0 Å². The Labute approximate surface area is 82.6 Å². The molecule has 0 spiro atoms. The lowest BCUT2D eigenvalue weighted by molar-refractivity contribution is 1.42. The third-order valence-electron chi connectivity index (χ3n) is 1.52. The molecule has 0 amide bonds. The Morgan fingerprint density at radius 2 is 2.27 bits per heavy atom. The lowest BCUT2D eigenvalue weighted by Crippen LogP contribution is -1.71. The van der Waals surface area contributed by atoms with Crippen molar-refractivity contribution >= 4 is 44.1 Å². The average Bonchev–Trinajstić information content (AvgIpc) is 2.27. The molecule has 3 heteroatoms. The molecule has 0 unspecified atom stereocenters. The van der Waals surface area contributed by atoms with Crippen LogP contribution in [-0.2, 0) is 0 Å². The molecule has 2 aromatic rings. The quantitative estimate of drug-likeness (QED) is 0.673. The second-order valence-corrected chi connectivity index (χ2v) is 5.22. The maximum Gasteiger partial charge on any atom is 0.155 e. The first-order chi connectivity index (χ1) is 5.25. The minimum Gasteiger partial charge on any atom is -0.230 e. The van der Waals surface area contributed by atoms with E-state index in [1.807, 2.05) is 0 Å². The molecule has 2 rings (SSSR count). The van der Waals surface area contributed by atoms with Crippen molar-refractivity contribution in [1.82, 2.24) is 4.98 Å². The Bertz CT molecular complexity index is 394. The summed E-state index contributed by atoms with van der Waals surface area (Å²) in [5.74, 6) is 0. The summed E-state index contributed by atoms with van der Waals surface area (Å²) < 4.78 is 2.39.